The lowest BCUT2D eigenvalue weighted by molar-refractivity contribution is -0.125. The topological polar surface area (TPSA) is 59.9 Å². The standard InChI is InChI=1S/C25H26N2O3/c1-4-29-21-15-13-20(14-16-21)25(2,3)24(28)27-26-18-19-9-8-12-23(17-19)30-22-10-6-5-7-11-22/h5-18H,4H2,1-3H3,(H,27,28)/b26-18+. The van der Waals surface area contributed by atoms with Gasteiger partial charge in [-0.15, -0.1) is 0 Å². The highest BCUT2D eigenvalue weighted by Gasteiger charge is 2.29. The summed E-state index contributed by atoms with van der Waals surface area (Å²) in [5.41, 5.74) is 3.61. The normalized spacial score (nSPS) is 11.3. The van der Waals surface area contributed by atoms with Gasteiger partial charge in [0, 0.05) is 0 Å². The fourth-order valence-electron chi connectivity index (χ4n) is 2.85. The first-order valence-corrected chi connectivity index (χ1v) is 9.89. The first kappa shape index (κ1) is 21.1. The van der Waals surface area contributed by atoms with Gasteiger partial charge in [0.1, 0.15) is 17.2 Å². The van der Waals surface area contributed by atoms with Crippen molar-refractivity contribution in [3.05, 3.63) is 90.0 Å². The minimum absolute atomic E-state index is 0.195. The molecule has 0 aliphatic rings. The number of carbonyl (C=O) groups excluding carboxylic acids is 1. The summed E-state index contributed by atoms with van der Waals surface area (Å²) in [6, 6.07) is 24.6. The monoisotopic (exact) mass is 402 g/mol. The fraction of sp³-hybridized carbons (Fsp3) is 0.200. The number of nitrogens with one attached hydrogen (secondary N) is 1. The number of rotatable bonds is 8. The van der Waals surface area contributed by atoms with Crippen molar-refractivity contribution < 1.29 is 14.3 Å². The van der Waals surface area contributed by atoms with Gasteiger partial charge in [-0.3, -0.25) is 4.79 Å². The highest BCUT2D eigenvalue weighted by molar-refractivity contribution is 5.89. The average molecular weight is 402 g/mol. The lowest BCUT2D eigenvalue weighted by Gasteiger charge is -2.23. The van der Waals surface area contributed by atoms with Gasteiger partial charge in [0.25, 0.3) is 0 Å². The third kappa shape index (κ3) is 5.47. The number of ether oxygens (including phenoxy) is 2. The highest BCUT2D eigenvalue weighted by Crippen LogP contribution is 2.26. The van der Waals surface area contributed by atoms with Crippen LogP contribution in [0.15, 0.2) is 84.0 Å². The van der Waals surface area contributed by atoms with Crippen LogP contribution in [0.1, 0.15) is 31.9 Å². The minimum atomic E-state index is -0.736. The van der Waals surface area contributed by atoms with E-state index in [-0.39, 0.29) is 5.91 Å². The molecule has 30 heavy (non-hydrogen) atoms. The molecular weight excluding hydrogens is 376 g/mol. The summed E-state index contributed by atoms with van der Waals surface area (Å²) in [4.78, 5) is 12.7. The molecule has 0 saturated heterocycles. The maximum Gasteiger partial charge on any atom is 0.250 e. The Morgan fingerprint density at radius 3 is 2.33 bits per heavy atom. The van der Waals surface area contributed by atoms with Gasteiger partial charge in [-0.25, -0.2) is 5.43 Å². The molecule has 0 aromatic heterocycles. The maximum atomic E-state index is 12.7. The zero-order valence-electron chi connectivity index (χ0n) is 17.5. The van der Waals surface area contributed by atoms with Crippen molar-refractivity contribution in [1.29, 1.82) is 0 Å². The quantitative estimate of drug-likeness (QED) is 0.411. The van der Waals surface area contributed by atoms with E-state index in [1.807, 2.05) is 99.6 Å². The molecule has 3 aromatic rings. The molecule has 3 rings (SSSR count). The van der Waals surface area contributed by atoms with Crippen molar-refractivity contribution in [3.8, 4) is 17.2 Å². The molecule has 5 nitrogen and oxygen atoms in total. The van der Waals surface area contributed by atoms with Crippen LogP contribution in [-0.4, -0.2) is 18.7 Å². The number of amides is 1. The lowest BCUT2D eigenvalue weighted by Crippen LogP contribution is -2.37. The number of hydrogen-bond donors (Lipinski definition) is 1. The second-order valence-electron chi connectivity index (χ2n) is 7.27. The molecule has 0 saturated carbocycles. The number of carbonyl (C=O) groups is 1. The average Bonchev–Trinajstić information content (AvgIpc) is 2.75. The van der Waals surface area contributed by atoms with Crippen molar-refractivity contribution in [3.63, 3.8) is 0 Å². The zero-order chi connectivity index (χ0) is 21.4. The van der Waals surface area contributed by atoms with E-state index in [0.717, 1.165) is 22.6 Å². The molecule has 3 aromatic carbocycles. The van der Waals surface area contributed by atoms with E-state index in [9.17, 15) is 4.79 Å². The maximum absolute atomic E-state index is 12.7. The fourth-order valence-corrected chi connectivity index (χ4v) is 2.85. The van der Waals surface area contributed by atoms with Gasteiger partial charge < -0.3 is 9.47 Å². The molecule has 0 atom stereocenters. The first-order valence-electron chi connectivity index (χ1n) is 9.89. The van der Waals surface area contributed by atoms with Crippen LogP contribution in [0.2, 0.25) is 0 Å². The SMILES string of the molecule is CCOc1ccc(C(C)(C)C(=O)N/N=C/c2cccc(Oc3ccccc3)c2)cc1. The predicted octanol–water partition coefficient (Wildman–Crippen LogP) is 5.31. The summed E-state index contributed by atoms with van der Waals surface area (Å²) in [5.74, 6) is 2.05. The second kappa shape index (κ2) is 9.74. The van der Waals surface area contributed by atoms with E-state index in [1.165, 1.54) is 0 Å². The number of para-hydroxylation sites is 1. The van der Waals surface area contributed by atoms with Gasteiger partial charge in [0.2, 0.25) is 5.91 Å². The van der Waals surface area contributed by atoms with E-state index < -0.39 is 5.41 Å². The van der Waals surface area contributed by atoms with Crippen LogP contribution >= 0.6 is 0 Å². The summed E-state index contributed by atoms with van der Waals surface area (Å²) >= 11 is 0. The summed E-state index contributed by atoms with van der Waals surface area (Å²) in [6.45, 7) is 6.27. The third-order valence-corrected chi connectivity index (χ3v) is 4.67. The summed E-state index contributed by atoms with van der Waals surface area (Å²) in [5, 5.41) is 4.12. The molecule has 0 aliphatic heterocycles. The first-order chi connectivity index (χ1) is 14.5. The van der Waals surface area contributed by atoms with E-state index >= 15 is 0 Å². The van der Waals surface area contributed by atoms with Crippen LogP contribution in [0.3, 0.4) is 0 Å². The minimum Gasteiger partial charge on any atom is -0.494 e. The molecule has 154 valence electrons. The van der Waals surface area contributed by atoms with Gasteiger partial charge in [-0.1, -0.05) is 42.5 Å². The Morgan fingerprint density at radius 2 is 1.63 bits per heavy atom. The molecule has 0 heterocycles. The molecule has 0 aliphatic carbocycles. The van der Waals surface area contributed by atoms with Crippen molar-refractivity contribution in [2.75, 3.05) is 6.61 Å². The number of nitrogens with zero attached hydrogens (tertiary/aromatic N) is 1. The van der Waals surface area contributed by atoms with E-state index in [0.29, 0.717) is 12.4 Å². The summed E-state index contributed by atoms with van der Waals surface area (Å²) in [6.07, 6.45) is 1.60. The van der Waals surface area contributed by atoms with E-state index in [1.54, 1.807) is 6.21 Å². The molecule has 0 unspecified atom stereocenters. The Kier molecular flexibility index (Phi) is 6.86. The zero-order valence-corrected chi connectivity index (χ0v) is 17.5. The molecule has 0 spiro atoms. The van der Waals surface area contributed by atoms with Crippen molar-refractivity contribution >= 4 is 12.1 Å². The van der Waals surface area contributed by atoms with Crippen molar-refractivity contribution in [2.45, 2.75) is 26.2 Å². The highest BCUT2D eigenvalue weighted by atomic mass is 16.5. The van der Waals surface area contributed by atoms with Crippen LogP contribution in [-0.2, 0) is 10.2 Å². The summed E-state index contributed by atoms with van der Waals surface area (Å²) < 4.78 is 11.3. The molecule has 5 heteroatoms. The Morgan fingerprint density at radius 1 is 0.933 bits per heavy atom. The summed E-state index contributed by atoms with van der Waals surface area (Å²) in [7, 11) is 0. The van der Waals surface area contributed by atoms with Crippen LogP contribution in [0.4, 0.5) is 0 Å². The lowest BCUT2D eigenvalue weighted by atomic mass is 9.84. The van der Waals surface area contributed by atoms with Gasteiger partial charge in [-0.2, -0.15) is 5.10 Å². The van der Waals surface area contributed by atoms with Crippen LogP contribution in [0.5, 0.6) is 17.2 Å². The number of hydrazone groups is 1. The van der Waals surface area contributed by atoms with E-state index in [2.05, 4.69) is 10.5 Å². The Labute approximate surface area is 177 Å². The molecule has 0 bridgehead atoms. The van der Waals surface area contributed by atoms with Crippen LogP contribution < -0.4 is 14.9 Å². The van der Waals surface area contributed by atoms with Crippen LogP contribution in [0, 0.1) is 0 Å². The largest absolute Gasteiger partial charge is 0.494 e. The van der Waals surface area contributed by atoms with Gasteiger partial charge in [0.05, 0.1) is 18.2 Å². The van der Waals surface area contributed by atoms with Gasteiger partial charge in [0.15, 0.2) is 0 Å². The predicted molar refractivity (Wildman–Crippen MR) is 119 cm³/mol. The van der Waals surface area contributed by atoms with Gasteiger partial charge in [-0.05, 0) is 68.3 Å². The Balaban J connectivity index is 1.62. The molecule has 0 radical (unpaired) electrons. The Hall–Kier alpha value is -3.60. The molecule has 1 amide bonds. The van der Waals surface area contributed by atoms with Crippen molar-refractivity contribution in [2.24, 2.45) is 5.10 Å². The third-order valence-electron chi connectivity index (χ3n) is 4.67. The molecular formula is C25H26N2O3. The van der Waals surface area contributed by atoms with Gasteiger partial charge >= 0.3 is 0 Å². The van der Waals surface area contributed by atoms with E-state index in [4.69, 9.17) is 9.47 Å². The smallest absolute Gasteiger partial charge is 0.250 e. The molecule has 0 fully saturated rings. The second-order valence-corrected chi connectivity index (χ2v) is 7.27. The van der Waals surface area contributed by atoms with Crippen LogP contribution in [0.25, 0.3) is 0 Å². The van der Waals surface area contributed by atoms with Crippen molar-refractivity contribution in [1.82, 2.24) is 5.43 Å². The Bertz CT molecular complexity index is 996. The molecule has 1 N–H and O–H groups in total. The number of hydrogen-bond acceptors (Lipinski definition) is 4. The number of benzene rings is 3.